The molecule has 4 heteroatoms. The second-order valence-corrected chi connectivity index (χ2v) is 6.69. The van der Waals surface area contributed by atoms with Crippen molar-refractivity contribution in [2.75, 3.05) is 13.2 Å². The van der Waals surface area contributed by atoms with E-state index in [1.807, 2.05) is 6.08 Å². The smallest absolute Gasteiger partial charge is 0.323 e. The van der Waals surface area contributed by atoms with Crippen LogP contribution in [0, 0.1) is 17.3 Å². The molecule has 4 nitrogen and oxygen atoms in total. The Labute approximate surface area is 133 Å². The minimum absolute atomic E-state index is 0.0741. The van der Waals surface area contributed by atoms with Gasteiger partial charge in [-0.25, -0.2) is 0 Å². The number of carboxylic acids is 1. The molecule has 0 saturated heterocycles. The van der Waals surface area contributed by atoms with E-state index in [9.17, 15) is 4.79 Å². The Hall–Kier alpha value is -1.39. The van der Waals surface area contributed by atoms with E-state index in [1.54, 1.807) is 0 Å². The SMILES string of the molecule is C=C[C@]1(C)CC[C@@H](C(=C)CNC(CO)C(=O)O)C[C@H]1C(=C)C. The monoisotopic (exact) mass is 307 g/mol. The topological polar surface area (TPSA) is 69.6 Å². The minimum Gasteiger partial charge on any atom is -0.480 e. The molecule has 22 heavy (non-hydrogen) atoms. The third-order valence-corrected chi connectivity index (χ3v) is 5.04. The molecule has 0 bridgehead atoms. The molecule has 3 N–H and O–H groups in total. The van der Waals surface area contributed by atoms with Crippen LogP contribution in [0.2, 0.25) is 0 Å². The van der Waals surface area contributed by atoms with Crippen molar-refractivity contribution in [1.82, 2.24) is 5.32 Å². The van der Waals surface area contributed by atoms with Crippen molar-refractivity contribution >= 4 is 5.97 Å². The fourth-order valence-electron chi connectivity index (χ4n) is 3.34. The summed E-state index contributed by atoms with van der Waals surface area (Å²) in [5, 5.41) is 20.8. The van der Waals surface area contributed by atoms with Gasteiger partial charge in [-0.15, -0.1) is 6.58 Å². The van der Waals surface area contributed by atoms with Gasteiger partial charge in [0, 0.05) is 6.54 Å². The van der Waals surface area contributed by atoms with E-state index in [4.69, 9.17) is 10.2 Å². The predicted molar refractivity (Wildman–Crippen MR) is 89.6 cm³/mol. The number of hydrogen-bond acceptors (Lipinski definition) is 3. The standard InChI is InChI=1S/C18H29NO3/c1-6-18(5)8-7-14(9-15(18)12(2)3)13(4)10-19-16(11-20)17(21)22/h6,14-16,19-20H,1-2,4,7-11H2,3,5H3,(H,21,22)/t14-,15+,16?,18-/m1/s1. The first-order chi connectivity index (χ1) is 10.2. The summed E-state index contributed by atoms with van der Waals surface area (Å²) in [5.74, 6) is -0.332. The van der Waals surface area contributed by atoms with Crippen LogP contribution in [0.5, 0.6) is 0 Å². The first-order valence-electron chi connectivity index (χ1n) is 7.79. The van der Waals surface area contributed by atoms with Crippen LogP contribution in [0.3, 0.4) is 0 Å². The zero-order valence-corrected chi connectivity index (χ0v) is 13.8. The zero-order valence-electron chi connectivity index (χ0n) is 13.8. The molecule has 0 radical (unpaired) electrons. The lowest BCUT2D eigenvalue weighted by Gasteiger charge is -2.44. The lowest BCUT2D eigenvalue weighted by Crippen LogP contribution is -2.42. The van der Waals surface area contributed by atoms with E-state index < -0.39 is 18.6 Å². The summed E-state index contributed by atoms with van der Waals surface area (Å²) < 4.78 is 0. The fraction of sp³-hybridized carbons (Fsp3) is 0.611. The number of aliphatic carboxylic acids is 1. The Morgan fingerprint density at radius 3 is 2.59 bits per heavy atom. The molecule has 0 aromatic carbocycles. The molecule has 0 aromatic heterocycles. The van der Waals surface area contributed by atoms with E-state index in [0.717, 1.165) is 30.4 Å². The molecule has 1 aliphatic rings. The number of carboxylic acid groups (broad SMARTS) is 1. The third kappa shape index (κ3) is 4.31. The van der Waals surface area contributed by atoms with E-state index in [2.05, 4.69) is 38.9 Å². The van der Waals surface area contributed by atoms with Crippen molar-refractivity contribution in [3.8, 4) is 0 Å². The normalized spacial score (nSPS) is 29.6. The van der Waals surface area contributed by atoms with E-state index >= 15 is 0 Å². The average Bonchev–Trinajstić information content (AvgIpc) is 2.47. The maximum atomic E-state index is 10.9. The van der Waals surface area contributed by atoms with Crippen LogP contribution in [0.1, 0.15) is 33.1 Å². The summed E-state index contributed by atoms with van der Waals surface area (Å²) in [7, 11) is 0. The van der Waals surface area contributed by atoms with Crippen molar-refractivity contribution in [2.45, 2.75) is 39.2 Å². The summed E-state index contributed by atoms with van der Waals surface area (Å²) in [6, 6.07) is -0.935. The fourth-order valence-corrected chi connectivity index (χ4v) is 3.34. The third-order valence-electron chi connectivity index (χ3n) is 5.04. The van der Waals surface area contributed by atoms with Gasteiger partial charge in [0.25, 0.3) is 0 Å². The number of rotatable bonds is 8. The van der Waals surface area contributed by atoms with Gasteiger partial charge < -0.3 is 10.2 Å². The van der Waals surface area contributed by atoms with Crippen molar-refractivity contribution in [1.29, 1.82) is 0 Å². The average molecular weight is 307 g/mol. The molecule has 0 spiro atoms. The number of aliphatic hydroxyl groups excluding tert-OH is 1. The second-order valence-electron chi connectivity index (χ2n) is 6.69. The quantitative estimate of drug-likeness (QED) is 0.603. The van der Waals surface area contributed by atoms with Crippen LogP contribution in [-0.2, 0) is 4.79 Å². The Kier molecular flexibility index (Phi) is 6.57. The van der Waals surface area contributed by atoms with Crippen LogP contribution in [0.15, 0.2) is 37.0 Å². The highest BCUT2D eigenvalue weighted by atomic mass is 16.4. The molecule has 0 heterocycles. The number of hydrogen-bond donors (Lipinski definition) is 3. The number of allylic oxidation sites excluding steroid dienone is 2. The van der Waals surface area contributed by atoms with Gasteiger partial charge in [0.2, 0.25) is 0 Å². The molecule has 4 atom stereocenters. The van der Waals surface area contributed by atoms with E-state index in [0.29, 0.717) is 18.4 Å². The van der Waals surface area contributed by atoms with Crippen LogP contribution < -0.4 is 5.32 Å². The molecule has 1 saturated carbocycles. The molecule has 1 unspecified atom stereocenters. The lowest BCUT2D eigenvalue weighted by molar-refractivity contribution is -0.140. The molecule has 1 fully saturated rings. The highest BCUT2D eigenvalue weighted by Gasteiger charge is 2.38. The molecule has 1 rings (SSSR count). The molecule has 0 aliphatic heterocycles. The minimum atomic E-state index is -1.04. The Morgan fingerprint density at radius 2 is 2.14 bits per heavy atom. The molecular weight excluding hydrogens is 278 g/mol. The highest BCUT2D eigenvalue weighted by molar-refractivity contribution is 5.73. The summed E-state index contributed by atoms with van der Waals surface area (Å²) in [6.07, 6.45) is 5.05. The first kappa shape index (κ1) is 18.7. The Bertz CT molecular complexity index is 457. The molecule has 1 aliphatic carbocycles. The van der Waals surface area contributed by atoms with Gasteiger partial charge in [0.05, 0.1) is 6.61 Å². The Balaban J connectivity index is 2.67. The van der Waals surface area contributed by atoms with E-state index in [-0.39, 0.29) is 5.41 Å². The van der Waals surface area contributed by atoms with Crippen molar-refractivity contribution in [2.24, 2.45) is 17.3 Å². The summed E-state index contributed by atoms with van der Waals surface area (Å²) >= 11 is 0. The van der Waals surface area contributed by atoms with Gasteiger partial charge in [-0.3, -0.25) is 10.1 Å². The predicted octanol–water partition coefficient (Wildman–Crippen LogP) is 2.76. The summed E-state index contributed by atoms with van der Waals surface area (Å²) in [5.41, 5.74) is 2.23. The van der Waals surface area contributed by atoms with Crippen LogP contribution in [0.4, 0.5) is 0 Å². The Morgan fingerprint density at radius 1 is 1.50 bits per heavy atom. The zero-order chi connectivity index (χ0) is 16.9. The first-order valence-corrected chi connectivity index (χ1v) is 7.79. The maximum Gasteiger partial charge on any atom is 0.323 e. The molecule has 0 amide bonds. The number of nitrogens with one attached hydrogen (secondary N) is 1. The molecular formula is C18H29NO3. The summed E-state index contributed by atoms with van der Waals surface area (Å²) in [6.45, 7) is 16.5. The van der Waals surface area contributed by atoms with Gasteiger partial charge in [-0.1, -0.05) is 37.3 Å². The van der Waals surface area contributed by atoms with Crippen molar-refractivity contribution in [3.05, 3.63) is 37.0 Å². The van der Waals surface area contributed by atoms with Gasteiger partial charge in [0.1, 0.15) is 6.04 Å². The van der Waals surface area contributed by atoms with E-state index in [1.165, 1.54) is 0 Å². The maximum absolute atomic E-state index is 10.9. The lowest BCUT2D eigenvalue weighted by atomic mass is 9.61. The molecule has 124 valence electrons. The van der Waals surface area contributed by atoms with Crippen molar-refractivity contribution in [3.63, 3.8) is 0 Å². The van der Waals surface area contributed by atoms with Crippen LogP contribution in [0.25, 0.3) is 0 Å². The van der Waals surface area contributed by atoms with Crippen LogP contribution in [-0.4, -0.2) is 35.4 Å². The van der Waals surface area contributed by atoms with Crippen molar-refractivity contribution < 1.29 is 15.0 Å². The molecule has 0 aromatic rings. The van der Waals surface area contributed by atoms with Gasteiger partial charge in [-0.2, -0.15) is 0 Å². The summed E-state index contributed by atoms with van der Waals surface area (Å²) in [4.78, 5) is 10.9. The van der Waals surface area contributed by atoms with Gasteiger partial charge >= 0.3 is 5.97 Å². The van der Waals surface area contributed by atoms with Gasteiger partial charge in [0.15, 0.2) is 0 Å². The number of aliphatic hydroxyl groups is 1. The van der Waals surface area contributed by atoms with Crippen LogP contribution >= 0.6 is 0 Å². The highest BCUT2D eigenvalue weighted by Crippen LogP contribution is 2.48. The number of carbonyl (C=O) groups is 1. The van der Waals surface area contributed by atoms with Gasteiger partial charge in [-0.05, 0) is 43.4 Å². The second kappa shape index (κ2) is 7.75. The largest absolute Gasteiger partial charge is 0.480 e.